The fraction of sp³-hybridized carbons (Fsp3) is 0.400. The number of nitrogens with zero attached hydrogens (tertiary/aromatic N) is 9. The van der Waals surface area contributed by atoms with E-state index in [1.54, 1.807) is 39.8 Å². The van der Waals surface area contributed by atoms with Gasteiger partial charge in [0, 0.05) is 64.5 Å². The summed E-state index contributed by atoms with van der Waals surface area (Å²) >= 11 is 12.3. The third-order valence-corrected chi connectivity index (χ3v) is 11.8. The summed E-state index contributed by atoms with van der Waals surface area (Å²) in [7, 11) is 2.93. The Morgan fingerprint density at radius 1 is 0.905 bits per heavy atom. The highest BCUT2D eigenvalue weighted by Gasteiger charge is 2.45. The van der Waals surface area contributed by atoms with Crippen LogP contribution in [-0.4, -0.2) is 133 Å². The van der Waals surface area contributed by atoms with Crippen molar-refractivity contribution < 1.29 is 37.9 Å². The molecule has 3 aromatic heterocycles. The van der Waals surface area contributed by atoms with Crippen molar-refractivity contribution in [1.29, 1.82) is 0 Å². The highest BCUT2D eigenvalue weighted by atomic mass is 35.5. The Kier molecular flexibility index (Phi) is 12.4. The minimum atomic E-state index is -1.05. The summed E-state index contributed by atoms with van der Waals surface area (Å²) in [4.78, 5) is 99.1. The van der Waals surface area contributed by atoms with E-state index in [0.29, 0.717) is 60.0 Å². The minimum Gasteiger partial charge on any atom is -0.419 e. The number of fused-ring (bicyclic) bond motifs is 2. The van der Waals surface area contributed by atoms with Gasteiger partial charge in [0.1, 0.15) is 12.6 Å². The van der Waals surface area contributed by atoms with Crippen molar-refractivity contribution in [2.45, 2.75) is 31.8 Å². The quantitative estimate of drug-likeness (QED) is 0.112. The molecule has 21 nitrogen and oxygen atoms in total. The van der Waals surface area contributed by atoms with Gasteiger partial charge in [0.2, 0.25) is 35.5 Å². The number of imidazole rings is 1. The van der Waals surface area contributed by atoms with Crippen LogP contribution in [0.4, 0.5) is 11.6 Å². The first kappa shape index (κ1) is 43.2. The lowest BCUT2D eigenvalue weighted by Gasteiger charge is -2.35. The first-order valence-electron chi connectivity index (χ1n) is 20.0. The highest BCUT2D eigenvalue weighted by Crippen LogP contribution is 2.33. The minimum absolute atomic E-state index is 0.0324. The number of carbonyl (C=O) groups excluding carboxylic acids is 5. The number of anilines is 2. The van der Waals surface area contributed by atoms with Gasteiger partial charge in [0.15, 0.2) is 11.2 Å². The molecule has 8 rings (SSSR count). The fourth-order valence-electron chi connectivity index (χ4n) is 7.74. The second-order valence-electron chi connectivity index (χ2n) is 15.0. The van der Waals surface area contributed by atoms with Crippen LogP contribution in [0.3, 0.4) is 0 Å². The van der Waals surface area contributed by atoms with Crippen LogP contribution in [-0.2, 0) is 44.5 Å². The van der Waals surface area contributed by atoms with E-state index in [1.165, 1.54) is 24.7 Å². The number of ether oxygens (including phenoxy) is 2. The highest BCUT2D eigenvalue weighted by molar-refractivity contribution is 6.42. The molecule has 330 valence electrons. The zero-order valence-electron chi connectivity index (χ0n) is 34.1. The Morgan fingerprint density at radius 2 is 1.67 bits per heavy atom. The molecule has 23 heteroatoms. The van der Waals surface area contributed by atoms with E-state index in [9.17, 15) is 33.6 Å². The summed E-state index contributed by atoms with van der Waals surface area (Å²) in [5.74, 6) is -1.62. The van der Waals surface area contributed by atoms with E-state index in [0.717, 1.165) is 9.47 Å². The molecular weight excluding hydrogens is 865 g/mol. The largest absolute Gasteiger partial charge is 0.419 e. The number of halogens is 2. The van der Waals surface area contributed by atoms with Crippen molar-refractivity contribution in [2.24, 2.45) is 14.1 Å². The predicted molar refractivity (Wildman–Crippen MR) is 226 cm³/mol. The lowest BCUT2D eigenvalue weighted by Crippen LogP contribution is -2.54. The summed E-state index contributed by atoms with van der Waals surface area (Å²) in [5, 5.41) is 14.3. The molecule has 2 saturated heterocycles. The summed E-state index contributed by atoms with van der Waals surface area (Å²) in [6.45, 7) is 2.71. The fourth-order valence-corrected chi connectivity index (χ4v) is 8.04. The average molecular weight is 907 g/mol. The van der Waals surface area contributed by atoms with Gasteiger partial charge in [-0.3, -0.25) is 52.7 Å². The van der Waals surface area contributed by atoms with Crippen LogP contribution in [0.25, 0.3) is 22.6 Å². The SMILES string of the molecule is Cn1c(=O)c2c(nc(N3CCN(C(=O)CCOCCOCCNc4cccc5c4C(=O)N(C4CCC(=O)NC4=O)C5=O)CC3)n2Cc2nnc(-c3ccc(Cl)c(Cl)c3)o2)n(C)c1=O. The number of hydrogen-bond acceptors (Lipinski definition) is 15. The van der Waals surface area contributed by atoms with Crippen molar-refractivity contribution in [3.8, 4) is 11.5 Å². The van der Waals surface area contributed by atoms with Crippen LogP contribution in [0.2, 0.25) is 10.0 Å². The Bertz CT molecular complexity index is 2770. The first-order valence-corrected chi connectivity index (χ1v) is 20.8. The van der Waals surface area contributed by atoms with Crippen LogP contribution >= 0.6 is 23.2 Å². The molecule has 0 aliphatic carbocycles. The number of aryl methyl sites for hydroxylation is 1. The molecule has 0 spiro atoms. The molecule has 1 atom stereocenters. The first-order chi connectivity index (χ1) is 30.3. The maximum absolute atomic E-state index is 13.5. The van der Waals surface area contributed by atoms with E-state index in [-0.39, 0.29) is 92.2 Å². The number of nitrogens with one attached hydrogen (secondary N) is 2. The number of aromatic nitrogens is 6. The Hall–Kier alpha value is -6.42. The van der Waals surface area contributed by atoms with Crippen LogP contribution < -0.4 is 26.8 Å². The second kappa shape index (κ2) is 18.1. The van der Waals surface area contributed by atoms with E-state index in [2.05, 4.69) is 20.8 Å². The number of hydrogen-bond donors (Lipinski definition) is 2. The number of carbonyl (C=O) groups is 5. The molecular formula is C40H41Cl2N11O10. The molecule has 3 aliphatic heterocycles. The van der Waals surface area contributed by atoms with Gasteiger partial charge < -0.3 is 29.0 Å². The number of piperidine rings is 1. The Labute approximate surface area is 367 Å². The van der Waals surface area contributed by atoms with Crippen LogP contribution in [0.15, 0.2) is 50.4 Å². The lowest BCUT2D eigenvalue weighted by molar-refractivity contribution is -0.136. The number of piperazine rings is 1. The molecule has 6 heterocycles. The average Bonchev–Trinajstić information content (AvgIpc) is 3.97. The zero-order chi connectivity index (χ0) is 44.5. The zero-order valence-corrected chi connectivity index (χ0v) is 35.6. The normalized spacial score (nSPS) is 16.6. The van der Waals surface area contributed by atoms with Crippen molar-refractivity contribution in [1.82, 2.24) is 44.0 Å². The lowest BCUT2D eigenvalue weighted by atomic mass is 10.0. The predicted octanol–water partition coefficient (Wildman–Crippen LogP) is 1.42. The van der Waals surface area contributed by atoms with Gasteiger partial charge in [0.25, 0.3) is 17.4 Å². The van der Waals surface area contributed by atoms with E-state index >= 15 is 0 Å². The summed E-state index contributed by atoms with van der Waals surface area (Å²) < 4.78 is 21.2. The summed E-state index contributed by atoms with van der Waals surface area (Å²) in [5.41, 5.74) is 0.612. The van der Waals surface area contributed by atoms with Gasteiger partial charge in [-0.25, -0.2) is 4.79 Å². The summed E-state index contributed by atoms with van der Waals surface area (Å²) in [6, 6.07) is 8.68. The van der Waals surface area contributed by atoms with Crippen molar-refractivity contribution in [3.05, 3.63) is 84.3 Å². The third kappa shape index (κ3) is 8.55. The van der Waals surface area contributed by atoms with Gasteiger partial charge in [-0.05, 0) is 36.8 Å². The maximum Gasteiger partial charge on any atom is 0.332 e. The molecule has 5 amide bonds. The van der Waals surface area contributed by atoms with Crippen LogP contribution in [0, 0.1) is 0 Å². The van der Waals surface area contributed by atoms with Crippen LogP contribution in [0.5, 0.6) is 0 Å². The third-order valence-electron chi connectivity index (χ3n) is 11.0. The van der Waals surface area contributed by atoms with E-state index in [4.69, 9.17) is 42.1 Å². The molecule has 0 bridgehead atoms. The molecule has 0 radical (unpaired) electrons. The topological polar surface area (TPSA) is 238 Å². The molecule has 63 heavy (non-hydrogen) atoms. The smallest absolute Gasteiger partial charge is 0.332 e. The Morgan fingerprint density at radius 3 is 2.41 bits per heavy atom. The number of benzene rings is 2. The van der Waals surface area contributed by atoms with Crippen molar-refractivity contribution in [2.75, 3.05) is 69.4 Å². The van der Waals surface area contributed by atoms with E-state index < -0.39 is 40.9 Å². The van der Waals surface area contributed by atoms with Crippen LogP contribution in [0.1, 0.15) is 45.9 Å². The number of amides is 5. The molecule has 3 aliphatic rings. The summed E-state index contributed by atoms with van der Waals surface area (Å²) in [6.07, 6.45) is 0.254. The van der Waals surface area contributed by atoms with E-state index in [1.807, 2.05) is 4.90 Å². The molecule has 1 unspecified atom stereocenters. The van der Waals surface area contributed by atoms with Gasteiger partial charge >= 0.3 is 5.69 Å². The number of rotatable bonds is 15. The molecule has 2 aromatic carbocycles. The van der Waals surface area contributed by atoms with Gasteiger partial charge in [-0.15, -0.1) is 10.2 Å². The monoisotopic (exact) mass is 905 g/mol. The number of imide groups is 2. The second-order valence-corrected chi connectivity index (χ2v) is 15.8. The van der Waals surface area contributed by atoms with Gasteiger partial charge in [-0.2, -0.15) is 4.98 Å². The van der Waals surface area contributed by atoms with Crippen molar-refractivity contribution in [3.63, 3.8) is 0 Å². The maximum atomic E-state index is 13.5. The van der Waals surface area contributed by atoms with Crippen molar-refractivity contribution >= 4 is 75.5 Å². The van der Waals surface area contributed by atoms with Gasteiger partial charge in [0.05, 0.1) is 54.0 Å². The molecule has 5 aromatic rings. The molecule has 0 saturated carbocycles. The molecule has 2 N–H and O–H groups in total. The Balaban J connectivity index is 0.799. The molecule has 2 fully saturated rings. The standard InChI is InChI=1S/C40H41Cl2N11O10/c1-48-33-32(38(59)49(2)40(48)60)52(21-29-46-47-35(63-29)22-6-7-24(41)25(42)20-22)39(45-33)51-14-12-50(13-15-51)30(55)10-16-61-18-19-62-17-11-43-26-5-3-4-23-31(26)37(58)53(36(23)57)27-8-9-28(54)44-34(27)56/h3-7,20,27,43H,8-19,21H2,1-2H3,(H,44,54,56). The van der Waals surface area contributed by atoms with Gasteiger partial charge in [-0.1, -0.05) is 29.3 Å².